The highest BCUT2D eigenvalue weighted by atomic mass is 16.2. The van der Waals surface area contributed by atoms with E-state index in [4.69, 9.17) is 0 Å². The number of hydrogen-bond acceptors (Lipinski definition) is 3. The molecule has 0 unspecified atom stereocenters. The summed E-state index contributed by atoms with van der Waals surface area (Å²) in [6.07, 6.45) is 7.69. The van der Waals surface area contributed by atoms with E-state index in [0.717, 1.165) is 37.8 Å². The Bertz CT molecular complexity index is 782. The average molecular weight is 364 g/mol. The molecule has 2 aliphatic rings. The fourth-order valence-corrected chi connectivity index (χ4v) is 4.79. The highest BCUT2D eigenvalue weighted by Crippen LogP contribution is 2.46. The summed E-state index contributed by atoms with van der Waals surface area (Å²) >= 11 is 0. The lowest BCUT2D eigenvalue weighted by Gasteiger charge is -2.48. The maximum absolute atomic E-state index is 12.6. The number of carbonyl (C=O) groups excluding carboxylic acids is 1. The molecule has 1 saturated heterocycles. The van der Waals surface area contributed by atoms with Crippen molar-refractivity contribution in [2.45, 2.75) is 43.3 Å². The predicted molar refractivity (Wildman–Crippen MR) is 106 cm³/mol. The minimum Gasteiger partial charge on any atom is -0.331 e. The molecule has 5 nitrogen and oxygen atoms in total. The highest BCUT2D eigenvalue weighted by molar-refractivity contribution is 5.78. The number of benzene rings is 1. The minimum atomic E-state index is -0.104. The van der Waals surface area contributed by atoms with Gasteiger partial charge in [0, 0.05) is 31.0 Å². The van der Waals surface area contributed by atoms with Crippen molar-refractivity contribution in [3.63, 3.8) is 0 Å². The molecule has 4 rings (SSSR count). The zero-order valence-electron chi connectivity index (χ0n) is 16.2. The predicted octanol–water partition coefficient (Wildman–Crippen LogP) is 3.38. The van der Waals surface area contributed by atoms with Crippen molar-refractivity contribution in [3.05, 3.63) is 66.0 Å². The van der Waals surface area contributed by atoms with E-state index in [0.29, 0.717) is 6.54 Å². The first kappa shape index (κ1) is 18.0. The standard InChI is InChI=1S/C22H28N4O/c1-25(2)22(19-8-4-3-5-9-19)12-10-21(11-13-22)17-26(20(27)24-21)16-18-7-6-14-23-15-18/h3-9,14-15H,10-13,16-17H2,1-2H3,(H,24,27)/t21-,22+. The molecule has 1 N–H and O–H groups in total. The summed E-state index contributed by atoms with van der Waals surface area (Å²) < 4.78 is 0. The topological polar surface area (TPSA) is 48.5 Å². The molecule has 2 heterocycles. The molecule has 1 spiro atoms. The number of amides is 2. The Morgan fingerprint density at radius 2 is 1.81 bits per heavy atom. The Labute approximate surface area is 161 Å². The Hall–Kier alpha value is -2.40. The van der Waals surface area contributed by atoms with Gasteiger partial charge in [0.1, 0.15) is 0 Å². The molecule has 2 aromatic rings. The van der Waals surface area contributed by atoms with Gasteiger partial charge in [0.25, 0.3) is 0 Å². The van der Waals surface area contributed by atoms with Crippen molar-refractivity contribution in [3.8, 4) is 0 Å². The lowest BCUT2D eigenvalue weighted by atomic mass is 9.69. The van der Waals surface area contributed by atoms with Gasteiger partial charge in [-0.15, -0.1) is 0 Å². The molecular formula is C22H28N4O. The van der Waals surface area contributed by atoms with Gasteiger partial charge in [0.05, 0.1) is 5.54 Å². The molecule has 2 amide bonds. The zero-order chi connectivity index (χ0) is 18.9. The summed E-state index contributed by atoms with van der Waals surface area (Å²) in [7, 11) is 4.35. The monoisotopic (exact) mass is 364 g/mol. The van der Waals surface area contributed by atoms with Crippen molar-refractivity contribution in [2.75, 3.05) is 20.6 Å². The Morgan fingerprint density at radius 3 is 2.44 bits per heavy atom. The molecule has 1 aromatic carbocycles. The lowest BCUT2D eigenvalue weighted by molar-refractivity contribution is 0.0617. The molecule has 0 atom stereocenters. The normalized spacial score (nSPS) is 28.0. The maximum atomic E-state index is 12.6. The largest absolute Gasteiger partial charge is 0.331 e. The molecule has 142 valence electrons. The van der Waals surface area contributed by atoms with Crippen LogP contribution in [0.15, 0.2) is 54.9 Å². The fraction of sp³-hybridized carbons (Fsp3) is 0.455. The summed E-state index contributed by atoms with van der Waals surface area (Å²) in [6.45, 7) is 1.40. The number of pyridine rings is 1. The van der Waals surface area contributed by atoms with Crippen LogP contribution in [0.4, 0.5) is 4.79 Å². The molecule has 0 bridgehead atoms. The highest BCUT2D eigenvalue weighted by Gasteiger charge is 2.49. The summed E-state index contributed by atoms with van der Waals surface area (Å²) in [6, 6.07) is 14.8. The van der Waals surface area contributed by atoms with Crippen molar-refractivity contribution in [1.29, 1.82) is 0 Å². The summed E-state index contributed by atoms with van der Waals surface area (Å²) in [5.74, 6) is 0. The van der Waals surface area contributed by atoms with Gasteiger partial charge in [-0.2, -0.15) is 0 Å². The Kier molecular flexibility index (Phi) is 4.64. The number of nitrogens with one attached hydrogen (secondary N) is 1. The van der Waals surface area contributed by atoms with E-state index in [1.807, 2.05) is 23.2 Å². The molecule has 0 radical (unpaired) electrons. The SMILES string of the molecule is CN(C)[C@]1(c2ccccc2)CC[C@]2(CC1)CN(Cc1cccnc1)C(=O)N2. The number of carbonyl (C=O) groups is 1. The Morgan fingerprint density at radius 1 is 1.07 bits per heavy atom. The van der Waals surface area contributed by atoms with E-state index in [1.165, 1.54) is 5.56 Å². The Balaban J connectivity index is 1.49. The smallest absolute Gasteiger partial charge is 0.318 e. The third-order valence-electron chi connectivity index (χ3n) is 6.45. The third-order valence-corrected chi connectivity index (χ3v) is 6.45. The van der Waals surface area contributed by atoms with E-state index < -0.39 is 0 Å². The molecule has 1 aliphatic carbocycles. The van der Waals surface area contributed by atoms with Crippen molar-refractivity contribution in [2.24, 2.45) is 0 Å². The minimum absolute atomic E-state index is 0.0496. The van der Waals surface area contributed by atoms with Crippen LogP contribution in [0.1, 0.15) is 36.8 Å². The van der Waals surface area contributed by atoms with Gasteiger partial charge < -0.3 is 10.2 Å². The van der Waals surface area contributed by atoms with Gasteiger partial charge >= 0.3 is 6.03 Å². The number of urea groups is 1. The van der Waals surface area contributed by atoms with Crippen LogP contribution in [0.5, 0.6) is 0 Å². The molecule has 2 fully saturated rings. The summed E-state index contributed by atoms with van der Waals surface area (Å²) in [4.78, 5) is 21.1. The second kappa shape index (κ2) is 6.97. The van der Waals surface area contributed by atoms with Gasteiger partial charge in [-0.3, -0.25) is 9.88 Å². The fourth-order valence-electron chi connectivity index (χ4n) is 4.79. The van der Waals surface area contributed by atoms with E-state index >= 15 is 0 Å². The van der Waals surface area contributed by atoms with Crippen LogP contribution in [-0.4, -0.2) is 47.0 Å². The first-order valence-electron chi connectivity index (χ1n) is 9.72. The molecule has 1 saturated carbocycles. The first-order chi connectivity index (χ1) is 13.0. The first-order valence-corrected chi connectivity index (χ1v) is 9.72. The van der Waals surface area contributed by atoms with Crippen molar-refractivity contribution >= 4 is 6.03 Å². The van der Waals surface area contributed by atoms with Crippen LogP contribution in [0.2, 0.25) is 0 Å². The zero-order valence-corrected chi connectivity index (χ0v) is 16.2. The molecular weight excluding hydrogens is 336 g/mol. The number of rotatable bonds is 4. The van der Waals surface area contributed by atoms with Crippen LogP contribution in [0.25, 0.3) is 0 Å². The van der Waals surface area contributed by atoms with Crippen LogP contribution in [0, 0.1) is 0 Å². The molecule has 1 aromatic heterocycles. The van der Waals surface area contributed by atoms with Gasteiger partial charge in [-0.05, 0) is 57.0 Å². The molecule has 1 aliphatic heterocycles. The summed E-state index contributed by atoms with van der Waals surface area (Å²) in [5.41, 5.74) is 2.40. The van der Waals surface area contributed by atoms with Crippen molar-refractivity contribution < 1.29 is 4.79 Å². The van der Waals surface area contributed by atoms with E-state index in [-0.39, 0.29) is 17.1 Å². The van der Waals surface area contributed by atoms with E-state index in [9.17, 15) is 4.79 Å². The molecule has 27 heavy (non-hydrogen) atoms. The molecule has 5 heteroatoms. The van der Waals surface area contributed by atoms with Crippen LogP contribution >= 0.6 is 0 Å². The second-order valence-electron chi connectivity index (χ2n) is 8.22. The van der Waals surface area contributed by atoms with Crippen molar-refractivity contribution in [1.82, 2.24) is 20.1 Å². The van der Waals surface area contributed by atoms with Gasteiger partial charge in [0.15, 0.2) is 0 Å². The quantitative estimate of drug-likeness (QED) is 0.905. The van der Waals surface area contributed by atoms with Crippen LogP contribution in [0.3, 0.4) is 0 Å². The number of aromatic nitrogens is 1. The summed E-state index contributed by atoms with van der Waals surface area (Å²) in [5, 5.41) is 3.32. The van der Waals surface area contributed by atoms with Crippen LogP contribution in [-0.2, 0) is 12.1 Å². The number of hydrogen-bond donors (Lipinski definition) is 1. The van der Waals surface area contributed by atoms with Gasteiger partial charge in [0.2, 0.25) is 0 Å². The average Bonchev–Trinajstić information content (AvgIpc) is 2.99. The van der Waals surface area contributed by atoms with Crippen LogP contribution < -0.4 is 5.32 Å². The second-order valence-corrected chi connectivity index (χ2v) is 8.22. The third kappa shape index (κ3) is 3.32. The van der Waals surface area contributed by atoms with Gasteiger partial charge in [-0.1, -0.05) is 36.4 Å². The maximum Gasteiger partial charge on any atom is 0.318 e. The number of nitrogens with zero attached hydrogens (tertiary/aromatic N) is 3. The van der Waals surface area contributed by atoms with Gasteiger partial charge in [-0.25, -0.2) is 4.79 Å². The van der Waals surface area contributed by atoms with E-state index in [2.05, 4.69) is 59.6 Å². The lowest BCUT2D eigenvalue weighted by Crippen LogP contribution is -2.54. The van der Waals surface area contributed by atoms with E-state index in [1.54, 1.807) is 6.20 Å².